The van der Waals surface area contributed by atoms with Crippen LogP contribution < -0.4 is 4.90 Å². The van der Waals surface area contributed by atoms with Crippen LogP contribution in [0.15, 0.2) is 35.4 Å². The molecule has 0 amide bonds. The highest BCUT2D eigenvalue weighted by atomic mass is 15.1. The SMILES string of the molecule is CN(CCCN=[N+]=[N-])c1ccccc1. The van der Waals surface area contributed by atoms with Gasteiger partial charge in [-0.2, -0.15) is 0 Å². The summed E-state index contributed by atoms with van der Waals surface area (Å²) >= 11 is 0. The highest BCUT2D eigenvalue weighted by molar-refractivity contribution is 5.44. The van der Waals surface area contributed by atoms with Gasteiger partial charge < -0.3 is 4.90 Å². The largest absolute Gasteiger partial charge is 0.375 e. The summed E-state index contributed by atoms with van der Waals surface area (Å²) in [5.74, 6) is 0. The van der Waals surface area contributed by atoms with Crippen LogP contribution >= 0.6 is 0 Å². The lowest BCUT2D eigenvalue weighted by Gasteiger charge is -2.18. The molecule has 0 saturated heterocycles. The molecular weight excluding hydrogens is 176 g/mol. The van der Waals surface area contributed by atoms with Gasteiger partial charge in [-0.05, 0) is 24.1 Å². The molecule has 1 rings (SSSR count). The van der Waals surface area contributed by atoms with Gasteiger partial charge in [-0.3, -0.25) is 0 Å². The maximum atomic E-state index is 8.09. The van der Waals surface area contributed by atoms with E-state index in [4.69, 9.17) is 5.53 Å². The molecule has 0 aliphatic carbocycles. The Bertz CT molecular complexity index is 303. The van der Waals surface area contributed by atoms with Gasteiger partial charge in [-0.1, -0.05) is 23.3 Å². The van der Waals surface area contributed by atoms with Crippen molar-refractivity contribution in [2.45, 2.75) is 6.42 Å². The van der Waals surface area contributed by atoms with Crippen molar-refractivity contribution in [3.8, 4) is 0 Å². The molecule has 0 aliphatic rings. The van der Waals surface area contributed by atoms with Crippen molar-refractivity contribution < 1.29 is 0 Å². The number of para-hydroxylation sites is 1. The van der Waals surface area contributed by atoms with E-state index >= 15 is 0 Å². The summed E-state index contributed by atoms with van der Waals surface area (Å²) in [6.07, 6.45) is 0.884. The Labute approximate surface area is 83.8 Å². The minimum absolute atomic E-state index is 0.563. The fraction of sp³-hybridized carbons (Fsp3) is 0.400. The average Bonchev–Trinajstić information content (AvgIpc) is 2.25. The minimum Gasteiger partial charge on any atom is -0.375 e. The Morgan fingerprint density at radius 3 is 2.71 bits per heavy atom. The first-order chi connectivity index (χ1) is 6.84. The van der Waals surface area contributed by atoms with Crippen LogP contribution in [-0.4, -0.2) is 20.1 Å². The van der Waals surface area contributed by atoms with Crippen LogP contribution in [0.4, 0.5) is 5.69 Å². The number of hydrogen-bond acceptors (Lipinski definition) is 2. The topological polar surface area (TPSA) is 52.0 Å². The van der Waals surface area contributed by atoms with Crippen LogP contribution in [0.1, 0.15) is 6.42 Å². The smallest absolute Gasteiger partial charge is 0.0363 e. The highest BCUT2D eigenvalue weighted by Crippen LogP contribution is 2.10. The second kappa shape index (κ2) is 5.89. The van der Waals surface area contributed by atoms with Crippen molar-refractivity contribution in [1.82, 2.24) is 0 Å². The molecule has 4 heteroatoms. The molecule has 0 saturated carbocycles. The van der Waals surface area contributed by atoms with Crippen LogP contribution in [0.25, 0.3) is 10.4 Å². The second-order valence-corrected chi connectivity index (χ2v) is 3.07. The Hall–Kier alpha value is -1.67. The Kier molecular flexibility index (Phi) is 4.38. The van der Waals surface area contributed by atoms with Gasteiger partial charge in [0.2, 0.25) is 0 Å². The second-order valence-electron chi connectivity index (χ2n) is 3.07. The summed E-state index contributed by atoms with van der Waals surface area (Å²) < 4.78 is 0. The van der Waals surface area contributed by atoms with Crippen molar-refractivity contribution in [3.05, 3.63) is 40.8 Å². The average molecular weight is 190 g/mol. The zero-order chi connectivity index (χ0) is 10.2. The molecular formula is C10H14N4. The predicted molar refractivity (Wildman–Crippen MR) is 58.3 cm³/mol. The minimum atomic E-state index is 0.563. The normalized spacial score (nSPS) is 9.21. The van der Waals surface area contributed by atoms with Gasteiger partial charge in [0, 0.05) is 30.7 Å². The molecule has 0 atom stereocenters. The van der Waals surface area contributed by atoms with Crippen LogP contribution in [0.5, 0.6) is 0 Å². The lowest BCUT2D eigenvalue weighted by Crippen LogP contribution is -2.18. The van der Waals surface area contributed by atoms with Crippen molar-refractivity contribution in [3.63, 3.8) is 0 Å². The first-order valence-corrected chi connectivity index (χ1v) is 4.61. The number of benzene rings is 1. The molecule has 0 bridgehead atoms. The number of azide groups is 1. The summed E-state index contributed by atoms with van der Waals surface area (Å²) in [6, 6.07) is 10.1. The molecule has 4 nitrogen and oxygen atoms in total. The maximum Gasteiger partial charge on any atom is 0.0363 e. The van der Waals surface area contributed by atoms with E-state index in [9.17, 15) is 0 Å². The van der Waals surface area contributed by atoms with Crippen LogP contribution in [0, 0.1) is 0 Å². The van der Waals surface area contributed by atoms with E-state index in [1.54, 1.807) is 0 Å². The van der Waals surface area contributed by atoms with Gasteiger partial charge in [-0.25, -0.2) is 0 Å². The van der Waals surface area contributed by atoms with Crippen molar-refractivity contribution in [2.24, 2.45) is 5.11 Å². The summed E-state index contributed by atoms with van der Waals surface area (Å²) in [5.41, 5.74) is 9.28. The number of nitrogens with zero attached hydrogens (tertiary/aromatic N) is 4. The summed E-state index contributed by atoms with van der Waals surface area (Å²) in [6.45, 7) is 1.47. The van der Waals surface area contributed by atoms with E-state index in [-0.39, 0.29) is 0 Å². The molecule has 1 aromatic rings. The lowest BCUT2D eigenvalue weighted by atomic mass is 10.3. The quantitative estimate of drug-likeness (QED) is 0.305. The van der Waals surface area contributed by atoms with Gasteiger partial charge in [0.25, 0.3) is 0 Å². The monoisotopic (exact) mass is 190 g/mol. The van der Waals surface area contributed by atoms with Crippen LogP contribution in [0.2, 0.25) is 0 Å². The van der Waals surface area contributed by atoms with E-state index in [1.165, 1.54) is 5.69 Å². The summed E-state index contributed by atoms with van der Waals surface area (Å²) in [7, 11) is 2.03. The maximum absolute atomic E-state index is 8.09. The number of hydrogen-bond donors (Lipinski definition) is 0. The molecule has 0 unspecified atom stereocenters. The Morgan fingerprint density at radius 2 is 2.07 bits per heavy atom. The zero-order valence-corrected chi connectivity index (χ0v) is 8.30. The molecule has 0 spiro atoms. The molecule has 0 fully saturated rings. The van der Waals surface area contributed by atoms with Gasteiger partial charge in [0.05, 0.1) is 0 Å². The lowest BCUT2D eigenvalue weighted by molar-refractivity contribution is 0.792. The number of anilines is 1. The molecule has 0 N–H and O–H groups in total. The van der Waals surface area contributed by atoms with Crippen molar-refractivity contribution in [2.75, 3.05) is 25.0 Å². The highest BCUT2D eigenvalue weighted by Gasteiger charge is 1.97. The fourth-order valence-electron chi connectivity index (χ4n) is 1.23. The van der Waals surface area contributed by atoms with E-state index in [0.29, 0.717) is 6.54 Å². The molecule has 0 heterocycles. The van der Waals surface area contributed by atoms with Crippen molar-refractivity contribution >= 4 is 5.69 Å². The molecule has 1 aromatic carbocycles. The van der Waals surface area contributed by atoms with E-state index in [2.05, 4.69) is 27.1 Å². The first kappa shape index (κ1) is 10.4. The van der Waals surface area contributed by atoms with Gasteiger partial charge >= 0.3 is 0 Å². The molecule has 74 valence electrons. The van der Waals surface area contributed by atoms with E-state index in [1.807, 2.05) is 25.2 Å². The van der Waals surface area contributed by atoms with Gasteiger partial charge in [-0.15, -0.1) is 0 Å². The van der Waals surface area contributed by atoms with Crippen LogP contribution in [-0.2, 0) is 0 Å². The predicted octanol–water partition coefficient (Wildman–Crippen LogP) is 2.82. The number of rotatable bonds is 5. The third-order valence-corrected chi connectivity index (χ3v) is 2.01. The fourth-order valence-corrected chi connectivity index (χ4v) is 1.23. The van der Waals surface area contributed by atoms with Gasteiger partial charge in [0.15, 0.2) is 0 Å². The van der Waals surface area contributed by atoms with Gasteiger partial charge in [0.1, 0.15) is 0 Å². The third kappa shape index (κ3) is 3.37. The summed E-state index contributed by atoms with van der Waals surface area (Å²) in [5, 5.41) is 3.49. The Morgan fingerprint density at radius 1 is 1.36 bits per heavy atom. The summed E-state index contributed by atoms with van der Waals surface area (Å²) in [4.78, 5) is 4.86. The molecule has 0 aromatic heterocycles. The zero-order valence-electron chi connectivity index (χ0n) is 8.30. The standard InChI is InChI=1S/C10H14N4/c1-14(9-5-8-12-13-11)10-6-3-2-4-7-10/h2-4,6-7H,5,8-9H2,1H3. The third-order valence-electron chi connectivity index (χ3n) is 2.01. The Balaban J connectivity index is 2.35. The van der Waals surface area contributed by atoms with Crippen molar-refractivity contribution in [1.29, 1.82) is 0 Å². The van der Waals surface area contributed by atoms with E-state index in [0.717, 1.165) is 13.0 Å². The molecule has 0 radical (unpaired) electrons. The van der Waals surface area contributed by atoms with Crippen LogP contribution in [0.3, 0.4) is 0 Å². The molecule has 0 aliphatic heterocycles. The van der Waals surface area contributed by atoms with E-state index < -0.39 is 0 Å². The molecule has 14 heavy (non-hydrogen) atoms. The first-order valence-electron chi connectivity index (χ1n) is 4.61.